The first-order chi connectivity index (χ1) is 16.4. The summed E-state index contributed by atoms with van der Waals surface area (Å²) in [7, 11) is 2.93. The molecule has 34 heavy (non-hydrogen) atoms. The zero-order chi connectivity index (χ0) is 24.0. The number of Topliss-reactive ketones (excluding diaryl/α,β-unsaturated/α-hetero) is 1. The Hall–Kier alpha value is -3.51. The van der Waals surface area contributed by atoms with Gasteiger partial charge in [0.2, 0.25) is 11.4 Å². The van der Waals surface area contributed by atoms with Crippen molar-refractivity contribution in [3.8, 4) is 17.2 Å². The quantitative estimate of drug-likeness (QED) is 0.480. The SMILES string of the molecule is COc1cc(OC)c2c(c1Cl)O[C@]1(C2=O)C(OCc2cccc3ccccc23)=CC(=O)C[C@H]1C. The highest BCUT2D eigenvalue weighted by atomic mass is 35.5. The molecule has 0 unspecified atom stereocenters. The fraction of sp³-hybridized carbons (Fsp3) is 0.259. The van der Waals surface area contributed by atoms with Crippen LogP contribution in [0.1, 0.15) is 29.3 Å². The lowest BCUT2D eigenvalue weighted by atomic mass is 9.75. The third-order valence-electron chi connectivity index (χ3n) is 6.54. The predicted molar refractivity (Wildman–Crippen MR) is 128 cm³/mol. The zero-order valence-corrected chi connectivity index (χ0v) is 19.8. The fourth-order valence-corrected chi connectivity index (χ4v) is 5.08. The Labute approximate surface area is 202 Å². The van der Waals surface area contributed by atoms with Gasteiger partial charge in [-0.3, -0.25) is 9.59 Å². The number of halogens is 1. The van der Waals surface area contributed by atoms with Crippen molar-refractivity contribution < 1.29 is 28.5 Å². The normalized spacial score (nSPS) is 21.3. The third kappa shape index (κ3) is 3.24. The van der Waals surface area contributed by atoms with E-state index >= 15 is 0 Å². The molecule has 0 N–H and O–H groups in total. The van der Waals surface area contributed by atoms with E-state index < -0.39 is 11.5 Å². The molecule has 2 aliphatic rings. The van der Waals surface area contributed by atoms with E-state index in [0.29, 0.717) is 5.75 Å². The smallest absolute Gasteiger partial charge is 0.231 e. The summed E-state index contributed by atoms with van der Waals surface area (Å²) < 4.78 is 23.3. The molecule has 1 heterocycles. The topological polar surface area (TPSA) is 71.1 Å². The van der Waals surface area contributed by atoms with Crippen LogP contribution >= 0.6 is 11.6 Å². The van der Waals surface area contributed by atoms with Crippen LogP contribution in [0.3, 0.4) is 0 Å². The molecule has 2 atom stereocenters. The number of hydrogen-bond acceptors (Lipinski definition) is 6. The van der Waals surface area contributed by atoms with Crippen LogP contribution in [0.15, 0.2) is 60.4 Å². The molecule has 0 aromatic heterocycles. The molecule has 0 radical (unpaired) electrons. The Bertz CT molecular complexity index is 1360. The van der Waals surface area contributed by atoms with E-state index in [-0.39, 0.29) is 52.4 Å². The van der Waals surface area contributed by atoms with Crippen LogP contribution in [-0.4, -0.2) is 31.4 Å². The minimum absolute atomic E-state index is 0.131. The summed E-state index contributed by atoms with van der Waals surface area (Å²) in [5, 5.41) is 2.27. The molecule has 1 aliphatic heterocycles. The molecule has 0 fully saturated rings. The molecule has 6 nitrogen and oxygen atoms in total. The van der Waals surface area contributed by atoms with Gasteiger partial charge >= 0.3 is 0 Å². The van der Waals surface area contributed by atoms with Gasteiger partial charge in [-0.15, -0.1) is 0 Å². The van der Waals surface area contributed by atoms with Gasteiger partial charge in [-0.1, -0.05) is 61.0 Å². The first kappa shape index (κ1) is 22.3. The number of carbonyl (C=O) groups is 2. The van der Waals surface area contributed by atoms with Crippen molar-refractivity contribution in [2.24, 2.45) is 5.92 Å². The van der Waals surface area contributed by atoms with Crippen molar-refractivity contribution in [3.05, 3.63) is 76.5 Å². The molecule has 0 saturated carbocycles. The molecule has 3 aromatic carbocycles. The van der Waals surface area contributed by atoms with Gasteiger partial charge in [0.15, 0.2) is 17.3 Å². The van der Waals surface area contributed by atoms with Crippen molar-refractivity contribution in [2.75, 3.05) is 14.2 Å². The summed E-state index contributed by atoms with van der Waals surface area (Å²) in [6.45, 7) is 1.96. The lowest BCUT2D eigenvalue weighted by Crippen LogP contribution is -2.51. The molecular weight excluding hydrogens is 456 g/mol. The number of rotatable bonds is 5. The van der Waals surface area contributed by atoms with Gasteiger partial charge in [-0.05, 0) is 16.3 Å². The highest BCUT2D eigenvalue weighted by molar-refractivity contribution is 6.35. The molecular formula is C27H23ClO6. The molecule has 174 valence electrons. The molecule has 3 aromatic rings. The van der Waals surface area contributed by atoms with Gasteiger partial charge in [0.1, 0.15) is 28.7 Å². The average Bonchev–Trinajstić information content (AvgIpc) is 3.15. The molecule has 1 aliphatic carbocycles. The number of allylic oxidation sites excluding steroid dienone is 1. The van der Waals surface area contributed by atoms with Crippen molar-refractivity contribution in [1.29, 1.82) is 0 Å². The molecule has 5 rings (SSSR count). The van der Waals surface area contributed by atoms with Gasteiger partial charge in [-0.2, -0.15) is 0 Å². The number of fused-ring (bicyclic) bond motifs is 2. The van der Waals surface area contributed by atoms with Gasteiger partial charge in [0, 0.05) is 24.5 Å². The van der Waals surface area contributed by atoms with Crippen molar-refractivity contribution in [2.45, 2.75) is 25.6 Å². The predicted octanol–water partition coefficient (Wildman–Crippen LogP) is 5.53. The summed E-state index contributed by atoms with van der Waals surface area (Å²) in [5.74, 6) is -0.0213. The number of ether oxygens (including phenoxy) is 4. The van der Waals surface area contributed by atoms with Gasteiger partial charge in [-0.25, -0.2) is 0 Å². The highest BCUT2D eigenvalue weighted by Gasteiger charge is 2.60. The maximum absolute atomic E-state index is 13.9. The van der Waals surface area contributed by atoms with Crippen LogP contribution in [0.4, 0.5) is 0 Å². The summed E-state index contributed by atoms with van der Waals surface area (Å²) in [5.41, 5.74) is -0.376. The fourth-order valence-electron chi connectivity index (χ4n) is 4.81. The van der Waals surface area contributed by atoms with Crippen LogP contribution in [0.25, 0.3) is 10.8 Å². The van der Waals surface area contributed by atoms with Crippen LogP contribution in [-0.2, 0) is 16.1 Å². The summed E-state index contributed by atoms with van der Waals surface area (Å²) in [6, 6.07) is 15.4. The minimum Gasteiger partial charge on any atom is -0.496 e. The van der Waals surface area contributed by atoms with Crippen LogP contribution < -0.4 is 14.2 Å². The minimum atomic E-state index is -1.52. The molecule has 0 amide bonds. The molecule has 1 spiro atoms. The monoisotopic (exact) mass is 478 g/mol. The number of hydrogen-bond donors (Lipinski definition) is 0. The molecule has 7 heteroatoms. The highest BCUT2D eigenvalue weighted by Crippen LogP contribution is 2.54. The van der Waals surface area contributed by atoms with E-state index in [1.54, 1.807) is 13.0 Å². The van der Waals surface area contributed by atoms with Crippen molar-refractivity contribution >= 4 is 33.9 Å². The summed E-state index contributed by atoms with van der Waals surface area (Å²) >= 11 is 6.53. The van der Waals surface area contributed by atoms with Crippen LogP contribution in [0.5, 0.6) is 17.2 Å². The number of carbonyl (C=O) groups excluding carboxylic acids is 2. The van der Waals surface area contributed by atoms with Crippen LogP contribution in [0.2, 0.25) is 5.02 Å². The molecule has 0 saturated heterocycles. The number of benzene rings is 3. The Morgan fingerprint density at radius 3 is 2.56 bits per heavy atom. The number of ketones is 2. The lowest BCUT2D eigenvalue weighted by molar-refractivity contribution is -0.118. The van der Waals surface area contributed by atoms with Gasteiger partial charge in [0.25, 0.3) is 0 Å². The Balaban J connectivity index is 1.58. The first-order valence-electron chi connectivity index (χ1n) is 10.9. The zero-order valence-electron chi connectivity index (χ0n) is 19.0. The van der Waals surface area contributed by atoms with E-state index in [0.717, 1.165) is 16.3 Å². The second-order valence-electron chi connectivity index (χ2n) is 8.47. The Kier molecular flexibility index (Phi) is 5.48. The van der Waals surface area contributed by atoms with E-state index in [4.69, 9.17) is 30.5 Å². The maximum atomic E-state index is 13.9. The van der Waals surface area contributed by atoms with Crippen molar-refractivity contribution in [3.63, 3.8) is 0 Å². The van der Waals surface area contributed by atoms with Crippen LogP contribution in [0, 0.1) is 5.92 Å². The molecule has 0 bridgehead atoms. The first-order valence-corrected chi connectivity index (χ1v) is 11.3. The lowest BCUT2D eigenvalue weighted by Gasteiger charge is -2.37. The maximum Gasteiger partial charge on any atom is 0.231 e. The standard InChI is InChI=1S/C27H23ClO6/c1-15-11-18(29)12-22(33-14-17-9-6-8-16-7-4-5-10-19(16)17)27(15)26(30)23-20(31-2)13-21(32-3)24(28)25(23)34-27/h4-10,12-13,15H,11,14H2,1-3H3/t15-,27+/m1/s1. The van der Waals surface area contributed by atoms with E-state index in [2.05, 4.69) is 0 Å². The van der Waals surface area contributed by atoms with E-state index in [1.165, 1.54) is 20.3 Å². The largest absolute Gasteiger partial charge is 0.496 e. The summed E-state index contributed by atoms with van der Waals surface area (Å²) in [4.78, 5) is 26.4. The van der Waals surface area contributed by atoms with Gasteiger partial charge in [0.05, 0.1) is 14.2 Å². The second-order valence-corrected chi connectivity index (χ2v) is 8.85. The third-order valence-corrected chi connectivity index (χ3v) is 6.90. The second kappa shape index (κ2) is 8.37. The van der Waals surface area contributed by atoms with E-state index in [9.17, 15) is 9.59 Å². The van der Waals surface area contributed by atoms with Gasteiger partial charge < -0.3 is 18.9 Å². The Morgan fingerprint density at radius 1 is 1.06 bits per heavy atom. The summed E-state index contributed by atoms with van der Waals surface area (Å²) in [6.07, 6.45) is 1.50. The number of methoxy groups -OCH3 is 2. The van der Waals surface area contributed by atoms with E-state index in [1.807, 2.05) is 42.5 Å². The average molecular weight is 479 g/mol. The van der Waals surface area contributed by atoms with Crippen molar-refractivity contribution in [1.82, 2.24) is 0 Å². The Morgan fingerprint density at radius 2 is 1.79 bits per heavy atom.